The van der Waals surface area contributed by atoms with Crippen LogP contribution in [0.3, 0.4) is 0 Å². The summed E-state index contributed by atoms with van der Waals surface area (Å²) in [4.78, 5) is 6.46. The highest BCUT2D eigenvalue weighted by atomic mass is 16.5. The average molecular weight is 293 g/mol. The topological polar surface area (TPSA) is 69.3 Å². The van der Waals surface area contributed by atoms with E-state index < -0.39 is 0 Å². The smallest absolute Gasteiger partial charge is 0.203 e. The molecule has 0 atom stereocenters. The van der Waals surface area contributed by atoms with Crippen molar-refractivity contribution >= 4 is 5.96 Å². The van der Waals surface area contributed by atoms with E-state index in [1.807, 2.05) is 24.1 Å². The van der Waals surface area contributed by atoms with Gasteiger partial charge >= 0.3 is 0 Å². The summed E-state index contributed by atoms with van der Waals surface area (Å²) in [6.45, 7) is 0.472. The van der Waals surface area contributed by atoms with Crippen molar-refractivity contribution < 1.29 is 14.2 Å². The molecule has 1 saturated carbocycles. The summed E-state index contributed by atoms with van der Waals surface area (Å²) in [5.41, 5.74) is 6.95. The zero-order valence-electron chi connectivity index (χ0n) is 13.0. The van der Waals surface area contributed by atoms with Gasteiger partial charge in [0.1, 0.15) is 0 Å². The maximum absolute atomic E-state index is 5.99. The number of hydrogen-bond acceptors (Lipinski definition) is 4. The second kappa shape index (κ2) is 6.56. The van der Waals surface area contributed by atoms with Crippen LogP contribution in [0.1, 0.15) is 18.4 Å². The van der Waals surface area contributed by atoms with Gasteiger partial charge in [0.05, 0.1) is 27.9 Å². The molecule has 0 saturated heterocycles. The first-order chi connectivity index (χ1) is 10.1. The summed E-state index contributed by atoms with van der Waals surface area (Å²) in [7, 11) is 6.76. The van der Waals surface area contributed by atoms with Crippen LogP contribution in [0.15, 0.2) is 17.1 Å². The van der Waals surface area contributed by atoms with Gasteiger partial charge in [-0.25, -0.2) is 4.99 Å². The molecule has 0 heterocycles. The molecule has 0 bridgehead atoms. The quantitative estimate of drug-likeness (QED) is 0.637. The number of nitrogens with zero attached hydrogens (tertiary/aromatic N) is 2. The van der Waals surface area contributed by atoms with E-state index in [0.717, 1.165) is 5.56 Å². The highest BCUT2D eigenvalue weighted by molar-refractivity contribution is 5.78. The number of aliphatic imine (C=N–C) groups is 1. The average Bonchev–Trinajstić information content (AvgIpc) is 3.35. The van der Waals surface area contributed by atoms with Gasteiger partial charge in [-0.3, -0.25) is 0 Å². The van der Waals surface area contributed by atoms with E-state index >= 15 is 0 Å². The third-order valence-corrected chi connectivity index (χ3v) is 3.60. The molecule has 2 rings (SSSR count). The zero-order chi connectivity index (χ0) is 15.4. The Morgan fingerprint density at radius 2 is 1.76 bits per heavy atom. The SMILES string of the molecule is COc1cc(CN=C(N)N(C)C2CC2)cc(OC)c1OC. The lowest BCUT2D eigenvalue weighted by Gasteiger charge is -2.17. The van der Waals surface area contributed by atoms with Crippen molar-refractivity contribution in [3.05, 3.63) is 17.7 Å². The molecule has 1 aliphatic carbocycles. The van der Waals surface area contributed by atoms with E-state index in [0.29, 0.717) is 35.8 Å². The fourth-order valence-electron chi connectivity index (χ4n) is 2.16. The third-order valence-electron chi connectivity index (χ3n) is 3.60. The minimum absolute atomic E-state index is 0.472. The lowest BCUT2D eigenvalue weighted by atomic mass is 10.2. The predicted octanol–water partition coefficient (Wildman–Crippen LogP) is 1.62. The Morgan fingerprint density at radius 1 is 1.19 bits per heavy atom. The monoisotopic (exact) mass is 293 g/mol. The van der Waals surface area contributed by atoms with Crippen LogP contribution in [-0.2, 0) is 6.54 Å². The van der Waals surface area contributed by atoms with Gasteiger partial charge in [-0.1, -0.05) is 0 Å². The summed E-state index contributed by atoms with van der Waals surface area (Å²) < 4.78 is 16.0. The Balaban J connectivity index is 2.17. The molecule has 21 heavy (non-hydrogen) atoms. The molecule has 6 heteroatoms. The van der Waals surface area contributed by atoms with E-state index in [-0.39, 0.29) is 0 Å². The van der Waals surface area contributed by atoms with Crippen molar-refractivity contribution in [1.82, 2.24) is 4.90 Å². The molecule has 116 valence electrons. The Kier molecular flexibility index (Phi) is 4.77. The highest BCUT2D eigenvalue weighted by Gasteiger charge is 2.27. The fourth-order valence-corrected chi connectivity index (χ4v) is 2.16. The second-order valence-electron chi connectivity index (χ2n) is 5.05. The zero-order valence-corrected chi connectivity index (χ0v) is 13.0. The maximum Gasteiger partial charge on any atom is 0.203 e. The number of nitrogens with two attached hydrogens (primary N) is 1. The molecule has 0 aromatic heterocycles. The van der Waals surface area contributed by atoms with Gasteiger partial charge in [-0.15, -0.1) is 0 Å². The molecule has 0 amide bonds. The Morgan fingerprint density at radius 3 is 2.19 bits per heavy atom. The van der Waals surface area contributed by atoms with E-state index in [1.165, 1.54) is 12.8 Å². The molecule has 0 radical (unpaired) electrons. The van der Waals surface area contributed by atoms with Gasteiger partial charge in [0, 0.05) is 13.1 Å². The third kappa shape index (κ3) is 3.51. The van der Waals surface area contributed by atoms with E-state index in [1.54, 1.807) is 21.3 Å². The van der Waals surface area contributed by atoms with Crippen molar-refractivity contribution in [1.29, 1.82) is 0 Å². The molecule has 0 spiro atoms. The van der Waals surface area contributed by atoms with Crippen molar-refractivity contribution in [2.24, 2.45) is 10.7 Å². The molecular formula is C15H23N3O3. The van der Waals surface area contributed by atoms with Crippen LogP contribution in [0.4, 0.5) is 0 Å². The largest absolute Gasteiger partial charge is 0.493 e. The predicted molar refractivity (Wildman–Crippen MR) is 82.2 cm³/mol. The summed E-state index contributed by atoms with van der Waals surface area (Å²) in [6, 6.07) is 4.32. The molecule has 1 fully saturated rings. The first-order valence-electron chi connectivity index (χ1n) is 6.92. The number of ether oxygens (including phenoxy) is 3. The number of hydrogen-bond donors (Lipinski definition) is 1. The molecule has 1 aromatic rings. The summed E-state index contributed by atoms with van der Waals surface area (Å²) in [6.07, 6.45) is 2.38. The minimum atomic E-state index is 0.472. The molecular weight excluding hydrogens is 270 g/mol. The number of guanidine groups is 1. The van der Waals surface area contributed by atoms with Crippen LogP contribution in [0.2, 0.25) is 0 Å². The first-order valence-corrected chi connectivity index (χ1v) is 6.92. The van der Waals surface area contributed by atoms with Gasteiger partial charge in [-0.2, -0.15) is 0 Å². The first kappa shape index (κ1) is 15.3. The Bertz CT molecular complexity index is 502. The van der Waals surface area contributed by atoms with E-state index in [2.05, 4.69) is 4.99 Å². The molecule has 1 aromatic carbocycles. The number of benzene rings is 1. The summed E-state index contributed by atoms with van der Waals surface area (Å²) >= 11 is 0. The van der Waals surface area contributed by atoms with Gasteiger partial charge in [0.15, 0.2) is 17.5 Å². The summed E-state index contributed by atoms with van der Waals surface area (Å²) in [5.74, 6) is 2.38. The molecule has 2 N–H and O–H groups in total. The lowest BCUT2D eigenvalue weighted by molar-refractivity contribution is 0.324. The van der Waals surface area contributed by atoms with Crippen molar-refractivity contribution in [3.8, 4) is 17.2 Å². The number of methoxy groups -OCH3 is 3. The van der Waals surface area contributed by atoms with Gasteiger partial charge in [-0.05, 0) is 30.5 Å². The van der Waals surface area contributed by atoms with Gasteiger partial charge in [0.25, 0.3) is 0 Å². The molecule has 6 nitrogen and oxygen atoms in total. The minimum Gasteiger partial charge on any atom is -0.493 e. The van der Waals surface area contributed by atoms with Crippen LogP contribution >= 0.6 is 0 Å². The molecule has 0 aliphatic heterocycles. The van der Waals surface area contributed by atoms with Crippen LogP contribution in [0, 0.1) is 0 Å². The Labute approximate surface area is 125 Å². The fraction of sp³-hybridized carbons (Fsp3) is 0.533. The van der Waals surface area contributed by atoms with Crippen molar-refractivity contribution in [2.75, 3.05) is 28.4 Å². The van der Waals surface area contributed by atoms with Gasteiger partial charge < -0.3 is 24.8 Å². The van der Waals surface area contributed by atoms with Crippen LogP contribution in [0.25, 0.3) is 0 Å². The van der Waals surface area contributed by atoms with E-state index in [9.17, 15) is 0 Å². The van der Waals surface area contributed by atoms with Crippen LogP contribution in [0.5, 0.6) is 17.2 Å². The van der Waals surface area contributed by atoms with E-state index in [4.69, 9.17) is 19.9 Å². The van der Waals surface area contributed by atoms with Crippen molar-refractivity contribution in [3.63, 3.8) is 0 Å². The summed E-state index contributed by atoms with van der Waals surface area (Å²) in [5, 5.41) is 0. The maximum atomic E-state index is 5.99. The second-order valence-corrected chi connectivity index (χ2v) is 5.05. The molecule has 0 unspecified atom stereocenters. The Hall–Kier alpha value is -2.11. The normalized spacial score (nSPS) is 14.8. The van der Waals surface area contributed by atoms with Gasteiger partial charge in [0.2, 0.25) is 5.75 Å². The molecule has 1 aliphatic rings. The lowest BCUT2D eigenvalue weighted by Crippen LogP contribution is -2.35. The standard InChI is InChI=1S/C15H23N3O3/c1-18(11-5-6-11)15(16)17-9-10-7-12(19-2)14(21-4)13(8-10)20-3/h7-8,11H,5-6,9H2,1-4H3,(H2,16,17). The van der Waals surface area contributed by atoms with Crippen LogP contribution in [-0.4, -0.2) is 45.3 Å². The van der Waals surface area contributed by atoms with Crippen molar-refractivity contribution in [2.45, 2.75) is 25.4 Å². The number of rotatable bonds is 6. The van der Waals surface area contributed by atoms with Crippen LogP contribution < -0.4 is 19.9 Å². The highest BCUT2D eigenvalue weighted by Crippen LogP contribution is 2.38.